The van der Waals surface area contributed by atoms with Crippen LogP contribution in [0.15, 0.2) is 30.3 Å². The van der Waals surface area contributed by atoms with Crippen molar-refractivity contribution in [2.24, 2.45) is 5.92 Å². The molecule has 0 unspecified atom stereocenters. The highest BCUT2D eigenvalue weighted by molar-refractivity contribution is 5.96. The lowest BCUT2D eigenvalue weighted by molar-refractivity contribution is 0.0946. The number of hydrogen-bond donors (Lipinski definition) is 0. The quantitative estimate of drug-likeness (QED) is 0.816. The summed E-state index contributed by atoms with van der Waals surface area (Å²) in [5.74, 6) is -0.938. The van der Waals surface area contributed by atoms with Gasteiger partial charge in [0.15, 0.2) is 12.0 Å². The van der Waals surface area contributed by atoms with Crippen LogP contribution in [-0.4, -0.2) is 26.7 Å². The van der Waals surface area contributed by atoms with Gasteiger partial charge in [-0.15, -0.1) is 5.10 Å². The predicted octanol–water partition coefficient (Wildman–Crippen LogP) is 2.82. The second kappa shape index (κ2) is 4.44. The summed E-state index contributed by atoms with van der Waals surface area (Å²) in [6, 6.07) is 9.17. The summed E-state index contributed by atoms with van der Waals surface area (Å²) >= 11 is 0. The van der Waals surface area contributed by atoms with Crippen LogP contribution < -0.4 is 0 Å². The van der Waals surface area contributed by atoms with Gasteiger partial charge in [-0.05, 0) is 12.0 Å². The Balaban J connectivity index is 1.69. The molecule has 2 aromatic rings. The molecule has 2 heterocycles. The first kappa shape index (κ1) is 12.6. The number of rotatable bonds is 3. The van der Waals surface area contributed by atoms with E-state index < -0.39 is 24.0 Å². The SMILES string of the molecule is O=C(c1nc2n(n1)[C@H](c1ccccc1)C[C@H]2F)[C@H]1C[C@@H]1F. The summed E-state index contributed by atoms with van der Waals surface area (Å²) in [6.45, 7) is 0. The first-order valence-electron chi connectivity index (χ1n) is 6.99. The van der Waals surface area contributed by atoms with Crippen molar-refractivity contribution < 1.29 is 13.6 Å². The van der Waals surface area contributed by atoms with Gasteiger partial charge in [0.05, 0.1) is 12.0 Å². The fourth-order valence-corrected chi connectivity index (χ4v) is 2.84. The van der Waals surface area contributed by atoms with Crippen LogP contribution in [0.2, 0.25) is 0 Å². The Hall–Kier alpha value is -2.11. The lowest BCUT2D eigenvalue weighted by atomic mass is 10.0. The van der Waals surface area contributed by atoms with Crippen LogP contribution >= 0.6 is 0 Å². The van der Waals surface area contributed by atoms with Crippen molar-refractivity contribution in [2.45, 2.75) is 31.2 Å². The average Bonchev–Trinajstić information content (AvgIpc) is 2.95. The highest BCUT2D eigenvalue weighted by atomic mass is 19.1. The minimum atomic E-state index is -1.25. The van der Waals surface area contributed by atoms with Crippen molar-refractivity contribution in [3.05, 3.63) is 47.5 Å². The maximum Gasteiger partial charge on any atom is 0.218 e. The van der Waals surface area contributed by atoms with Gasteiger partial charge in [-0.1, -0.05) is 30.3 Å². The van der Waals surface area contributed by atoms with Crippen molar-refractivity contribution in [1.29, 1.82) is 0 Å². The summed E-state index contributed by atoms with van der Waals surface area (Å²) < 4.78 is 28.6. The Kier molecular flexibility index (Phi) is 2.67. The second-order valence-corrected chi connectivity index (χ2v) is 5.59. The third-order valence-corrected chi connectivity index (χ3v) is 4.12. The number of benzene rings is 1. The Morgan fingerprint density at radius 1 is 1.19 bits per heavy atom. The van der Waals surface area contributed by atoms with Crippen LogP contribution in [0.1, 0.15) is 47.1 Å². The van der Waals surface area contributed by atoms with Crippen LogP contribution in [-0.2, 0) is 0 Å². The fourth-order valence-electron chi connectivity index (χ4n) is 2.84. The van der Waals surface area contributed by atoms with E-state index in [-0.39, 0.29) is 30.5 Å². The molecule has 0 saturated heterocycles. The molecule has 0 radical (unpaired) electrons. The van der Waals surface area contributed by atoms with Gasteiger partial charge in [0.25, 0.3) is 0 Å². The Morgan fingerprint density at radius 3 is 2.57 bits per heavy atom. The number of carbonyl (C=O) groups excluding carboxylic acids is 1. The largest absolute Gasteiger partial charge is 0.290 e. The number of alkyl halides is 2. The van der Waals surface area contributed by atoms with Gasteiger partial charge >= 0.3 is 0 Å². The van der Waals surface area contributed by atoms with Gasteiger partial charge in [-0.3, -0.25) is 4.79 Å². The van der Waals surface area contributed by atoms with Gasteiger partial charge in [-0.25, -0.2) is 18.4 Å². The monoisotopic (exact) mass is 289 g/mol. The molecule has 4 rings (SSSR count). The third kappa shape index (κ3) is 1.97. The van der Waals surface area contributed by atoms with E-state index in [4.69, 9.17) is 0 Å². The number of ketones is 1. The molecule has 2 aliphatic rings. The van der Waals surface area contributed by atoms with Crippen LogP contribution in [0.5, 0.6) is 0 Å². The molecule has 1 fully saturated rings. The molecule has 6 heteroatoms. The van der Waals surface area contributed by atoms with E-state index in [0.29, 0.717) is 0 Å². The predicted molar refractivity (Wildman–Crippen MR) is 70.4 cm³/mol. The van der Waals surface area contributed by atoms with Crippen molar-refractivity contribution in [1.82, 2.24) is 14.8 Å². The molecule has 4 nitrogen and oxygen atoms in total. The maximum atomic E-state index is 14.1. The van der Waals surface area contributed by atoms with E-state index in [1.165, 1.54) is 4.68 Å². The van der Waals surface area contributed by atoms with E-state index >= 15 is 0 Å². The smallest absolute Gasteiger partial charge is 0.218 e. The van der Waals surface area contributed by atoms with Crippen molar-refractivity contribution in [2.75, 3.05) is 0 Å². The molecule has 0 bridgehead atoms. The lowest BCUT2D eigenvalue weighted by Gasteiger charge is -2.11. The summed E-state index contributed by atoms with van der Waals surface area (Å²) in [7, 11) is 0. The van der Waals surface area contributed by atoms with Crippen molar-refractivity contribution >= 4 is 5.78 Å². The summed E-state index contributed by atoms with van der Waals surface area (Å²) in [5, 5.41) is 4.14. The van der Waals surface area contributed by atoms with Crippen molar-refractivity contribution in [3.8, 4) is 0 Å². The molecular formula is C15H13F2N3O. The first-order valence-corrected chi connectivity index (χ1v) is 6.99. The van der Waals surface area contributed by atoms with Crippen molar-refractivity contribution in [3.63, 3.8) is 0 Å². The van der Waals surface area contributed by atoms with Gasteiger partial charge < -0.3 is 0 Å². The Bertz CT molecular complexity index is 700. The average molecular weight is 289 g/mol. The maximum absolute atomic E-state index is 14.1. The van der Waals surface area contributed by atoms with Crippen LogP contribution in [0.25, 0.3) is 0 Å². The summed E-state index contributed by atoms with van der Waals surface area (Å²) in [6.07, 6.45) is -1.85. The number of nitrogens with zero attached hydrogens (tertiary/aromatic N) is 3. The molecule has 21 heavy (non-hydrogen) atoms. The van der Waals surface area contributed by atoms with E-state index in [1.807, 2.05) is 30.3 Å². The van der Waals surface area contributed by atoms with Gasteiger partial charge in [0, 0.05) is 6.42 Å². The summed E-state index contributed by atoms with van der Waals surface area (Å²) in [5.41, 5.74) is 0.928. The van der Waals surface area contributed by atoms with Crippen LogP contribution in [0.3, 0.4) is 0 Å². The van der Waals surface area contributed by atoms with E-state index in [0.717, 1.165) is 5.56 Å². The van der Waals surface area contributed by atoms with E-state index in [9.17, 15) is 13.6 Å². The molecule has 1 aliphatic carbocycles. The van der Waals surface area contributed by atoms with Crippen LogP contribution in [0, 0.1) is 5.92 Å². The normalized spacial score (nSPS) is 30.2. The number of hydrogen-bond acceptors (Lipinski definition) is 3. The second-order valence-electron chi connectivity index (χ2n) is 5.59. The van der Waals surface area contributed by atoms with Gasteiger partial charge in [0.1, 0.15) is 6.17 Å². The van der Waals surface area contributed by atoms with E-state index in [2.05, 4.69) is 10.1 Å². The lowest BCUT2D eigenvalue weighted by Crippen LogP contribution is -2.11. The molecule has 108 valence electrons. The minimum Gasteiger partial charge on any atom is -0.290 e. The minimum absolute atomic E-state index is 0.0570. The molecule has 1 aliphatic heterocycles. The molecule has 0 amide bonds. The molecule has 0 spiro atoms. The number of halogens is 2. The topological polar surface area (TPSA) is 47.8 Å². The molecular weight excluding hydrogens is 276 g/mol. The number of Topliss-reactive ketones (excluding diaryl/α,β-unsaturated/α-hetero) is 1. The molecule has 1 saturated carbocycles. The molecule has 1 aromatic heterocycles. The van der Waals surface area contributed by atoms with Gasteiger partial charge in [0.2, 0.25) is 11.6 Å². The standard InChI is InChI=1S/C15H13F2N3O/c16-10-6-9(10)13(21)14-18-15-11(17)7-12(20(15)19-14)8-4-2-1-3-5-8/h1-5,9-12H,6-7H2/t9-,10-,11+,12-/m0/s1. The van der Waals surface area contributed by atoms with Gasteiger partial charge in [-0.2, -0.15) is 0 Å². The molecule has 0 N–H and O–H groups in total. The Morgan fingerprint density at radius 2 is 1.90 bits per heavy atom. The zero-order valence-electron chi connectivity index (χ0n) is 11.1. The fraction of sp³-hybridized carbons (Fsp3) is 0.400. The number of fused-ring (bicyclic) bond motifs is 1. The Labute approximate surface area is 119 Å². The number of aromatic nitrogens is 3. The van der Waals surface area contributed by atoms with E-state index in [1.54, 1.807) is 0 Å². The first-order chi connectivity index (χ1) is 10.1. The number of carbonyl (C=O) groups is 1. The highest BCUT2D eigenvalue weighted by Crippen LogP contribution is 2.41. The zero-order chi connectivity index (χ0) is 14.6. The van der Waals surface area contributed by atoms with Crippen LogP contribution in [0.4, 0.5) is 8.78 Å². The molecule has 1 aromatic carbocycles. The zero-order valence-corrected chi connectivity index (χ0v) is 11.1. The highest BCUT2D eigenvalue weighted by Gasteiger charge is 2.46. The third-order valence-electron chi connectivity index (χ3n) is 4.12. The summed E-state index contributed by atoms with van der Waals surface area (Å²) in [4.78, 5) is 16.0. The molecule has 4 atom stereocenters.